The molecule has 1 heterocycles. The number of nitrogens with one attached hydrogen (secondary N) is 1. The number of alkyl halides is 3. The van der Waals surface area contributed by atoms with Crippen molar-refractivity contribution in [1.82, 2.24) is 4.98 Å². The van der Waals surface area contributed by atoms with Crippen LogP contribution in [0.3, 0.4) is 0 Å². The van der Waals surface area contributed by atoms with Crippen molar-refractivity contribution in [1.29, 1.82) is 0 Å². The van der Waals surface area contributed by atoms with Gasteiger partial charge in [-0.1, -0.05) is 6.07 Å². The van der Waals surface area contributed by atoms with E-state index in [-0.39, 0.29) is 18.1 Å². The molecule has 2 rings (SSSR count). The summed E-state index contributed by atoms with van der Waals surface area (Å²) in [5, 5.41) is 11.4. The second-order valence-corrected chi connectivity index (χ2v) is 4.24. The number of halogens is 3. The molecule has 0 saturated carbocycles. The number of carbonyl (C=O) groups is 1. The van der Waals surface area contributed by atoms with Crippen LogP contribution >= 0.6 is 0 Å². The number of pyridine rings is 1. The summed E-state index contributed by atoms with van der Waals surface area (Å²) in [6.07, 6.45) is -3.40. The topological polar surface area (TPSA) is 71.5 Å². The summed E-state index contributed by atoms with van der Waals surface area (Å²) in [6, 6.07) is 7.71. The Balaban J connectivity index is 2.02. The first-order valence-corrected chi connectivity index (χ1v) is 6.10. The smallest absolute Gasteiger partial charge is 0.406 e. The van der Waals surface area contributed by atoms with Gasteiger partial charge in [0.05, 0.1) is 6.61 Å². The van der Waals surface area contributed by atoms with Crippen molar-refractivity contribution in [2.45, 2.75) is 13.0 Å². The second kappa shape index (κ2) is 6.44. The molecule has 2 aromatic rings. The highest BCUT2D eigenvalue weighted by Gasteiger charge is 2.30. The van der Waals surface area contributed by atoms with Gasteiger partial charge < -0.3 is 15.2 Å². The molecule has 0 spiro atoms. The minimum atomic E-state index is -4.76. The van der Waals surface area contributed by atoms with Crippen LogP contribution in [0, 0.1) is 0 Å². The number of ether oxygens (including phenoxy) is 1. The lowest BCUT2D eigenvalue weighted by atomic mass is 10.2. The van der Waals surface area contributed by atoms with Gasteiger partial charge in [0, 0.05) is 11.9 Å². The fourth-order valence-electron chi connectivity index (χ4n) is 1.59. The molecule has 0 fully saturated rings. The maximum absolute atomic E-state index is 12.0. The van der Waals surface area contributed by atoms with Crippen molar-refractivity contribution in [2.24, 2.45) is 0 Å². The van der Waals surface area contributed by atoms with Crippen molar-refractivity contribution in [3.8, 4) is 5.75 Å². The summed E-state index contributed by atoms with van der Waals surface area (Å²) in [6.45, 7) is -0.185. The van der Waals surface area contributed by atoms with Crippen molar-refractivity contribution in [3.63, 3.8) is 0 Å². The third-order valence-corrected chi connectivity index (χ3v) is 2.59. The Labute approximate surface area is 123 Å². The van der Waals surface area contributed by atoms with Crippen LogP contribution in [-0.4, -0.2) is 22.4 Å². The molecule has 0 unspecified atom stereocenters. The average molecular weight is 312 g/mol. The summed E-state index contributed by atoms with van der Waals surface area (Å²) in [4.78, 5) is 15.7. The number of carbonyl (C=O) groups excluding carboxylic acids is 1. The van der Waals surface area contributed by atoms with Gasteiger partial charge in [0.1, 0.15) is 11.4 Å². The monoisotopic (exact) mass is 312 g/mol. The van der Waals surface area contributed by atoms with Gasteiger partial charge in [0.25, 0.3) is 5.91 Å². The number of hydrogen-bond acceptors (Lipinski definition) is 4. The van der Waals surface area contributed by atoms with E-state index in [9.17, 15) is 18.0 Å². The molecule has 0 aliphatic rings. The zero-order valence-corrected chi connectivity index (χ0v) is 11.1. The highest BCUT2D eigenvalue weighted by molar-refractivity contribution is 6.02. The van der Waals surface area contributed by atoms with Crippen molar-refractivity contribution in [2.75, 3.05) is 5.32 Å². The minimum absolute atomic E-state index is 0.118. The van der Waals surface area contributed by atoms with Crippen LogP contribution in [0.5, 0.6) is 5.75 Å². The Morgan fingerprint density at radius 3 is 2.36 bits per heavy atom. The molecule has 0 aliphatic heterocycles. The molecule has 2 N–H and O–H groups in total. The Hall–Kier alpha value is -2.61. The fraction of sp³-hybridized carbons (Fsp3) is 0.143. The van der Waals surface area contributed by atoms with Gasteiger partial charge in [0.2, 0.25) is 0 Å². The van der Waals surface area contributed by atoms with E-state index in [0.717, 1.165) is 12.1 Å². The third kappa shape index (κ3) is 4.45. The molecule has 1 aromatic heterocycles. The molecular formula is C14H11F3N2O3. The van der Waals surface area contributed by atoms with Crippen molar-refractivity contribution >= 4 is 11.6 Å². The first-order valence-electron chi connectivity index (χ1n) is 6.10. The Kier molecular flexibility index (Phi) is 4.62. The summed E-state index contributed by atoms with van der Waals surface area (Å²) in [5.74, 6) is -0.898. The quantitative estimate of drug-likeness (QED) is 0.910. The molecule has 5 nitrogen and oxygen atoms in total. The summed E-state index contributed by atoms with van der Waals surface area (Å²) in [7, 11) is 0. The van der Waals surface area contributed by atoms with Gasteiger partial charge in [-0.25, -0.2) is 0 Å². The zero-order valence-electron chi connectivity index (χ0n) is 11.1. The number of hydrogen-bond donors (Lipinski definition) is 2. The lowest BCUT2D eigenvalue weighted by molar-refractivity contribution is -0.274. The van der Waals surface area contributed by atoms with E-state index in [0.29, 0.717) is 11.3 Å². The highest BCUT2D eigenvalue weighted by atomic mass is 19.4. The van der Waals surface area contributed by atoms with E-state index in [4.69, 9.17) is 5.11 Å². The molecule has 1 aromatic carbocycles. The Morgan fingerprint density at radius 2 is 1.86 bits per heavy atom. The van der Waals surface area contributed by atoms with Crippen LogP contribution in [0.1, 0.15) is 16.1 Å². The van der Waals surface area contributed by atoms with Crippen LogP contribution in [0.2, 0.25) is 0 Å². The van der Waals surface area contributed by atoms with Crippen LogP contribution in [0.4, 0.5) is 18.9 Å². The van der Waals surface area contributed by atoms with E-state index >= 15 is 0 Å². The van der Waals surface area contributed by atoms with Crippen LogP contribution in [-0.2, 0) is 6.61 Å². The molecule has 22 heavy (non-hydrogen) atoms. The van der Waals surface area contributed by atoms with E-state index in [1.54, 1.807) is 6.07 Å². The Bertz CT molecular complexity index is 640. The molecule has 0 radical (unpaired) electrons. The van der Waals surface area contributed by atoms with Crippen molar-refractivity contribution < 1.29 is 27.8 Å². The molecule has 0 atom stereocenters. The number of aliphatic hydroxyl groups excluding tert-OH is 1. The highest BCUT2D eigenvalue weighted by Crippen LogP contribution is 2.24. The van der Waals surface area contributed by atoms with Gasteiger partial charge in [-0.3, -0.25) is 9.78 Å². The molecule has 0 bridgehead atoms. The maximum Gasteiger partial charge on any atom is 0.573 e. The zero-order chi connectivity index (χ0) is 16.2. The second-order valence-electron chi connectivity index (χ2n) is 4.24. The summed E-state index contributed by atoms with van der Waals surface area (Å²) < 4.78 is 39.8. The summed E-state index contributed by atoms with van der Waals surface area (Å²) in [5.41, 5.74) is 0.977. The number of rotatable bonds is 4. The maximum atomic E-state index is 12.0. The van der Waals surface area contributed by atoms with E-state index in [2.05, 4.69) is 15.0 Å². The van der Waals surface area contributed by atoms with E-state index in [1.165, 1.54) is 24.4 Å². The van der Waals surface area contributed by atoms with Crippen molar-refractivity contribution in [3.05, 3.63) is 53.9 Å². The van der Waals surface area contributed by atoms with Gasteiger partial charge in [-0.15, -0.1) is 13.2 Å². The number of amides is 1. The predicted octanol–water partition coefficient (Wildman–Crippen LogP) is 2.72. The van der Waals surface area contributed by atoms with E-state index < -0.39 is 12.3 Å². The summed E-state index contributed by atoms with van der Waals surface area (Å²) >= 11 is 0. The van der Waals surface area contributed by atoms with Crippen LogP contribution in [0.15, 0.2) is 42.6 Å². The lowest BCUT2D eigenvalue weighted by Gasteiger charge is -2.09. The molecule has 8 heteroatoms. The molecule has 1 amide bonds. The first-order chi connectivity index (χ1) is 10.4. The average Bonchev–Trinajstić information content (AvgIpc) is 2.48. The van der Waals surface area contributed by atoms with Gasteiger partial charge in [-0.05, 0) is 35.9 Å². The molecule has 0 saturated heterocycles. The minimum Gasteiger partial charge on any atom is -0.406 e. The largest absolute Gasteiger partial charge is 0.573 e. The van der Waals surface area contributed by atoms with Gasteiger partial charge in [0.15, 0.2) is 0 Å². The fourth-order valence-corrected chi connectivity index (χ4v) is 1.59. The molecule has 116 valence electrons. The van der Waals surface area contributed by atoms with Crippen LogP contribution in [0.25, 0.3) is 0 Å². The number of nitrogens with zero attached hydrogens (tertiary/aromatic N) is 1. The standard InChI is InChI=1S/C14H11F3N2O3/c15-14(16,17)22-11-4-2-10(3-5-11)19-13(21)12-6-1-9(8-20)7-18-12/h1-7,20H,8H2,(H,19,21). The molecular weight excluding hydrogens is 301 g/mol. The number of anilines is 1. The van der Waals surface area contributed by atoms with Gasteiger partial charge in [-0.2, -0.15) is 0 Å². The Morgan fingerprint density at radius 1 is 1.18 bits per heavy atom. The van der Waals surface area contributed by atoms with Gasteiger partial charge >= 0.3 is 6.36 Å². The third-order valence-electron chi connectivity index (χ3n) is 2.59. The number of benzene rings is 1. The van der Waals surface area contributed by atoms with E-state index in [1.807, 2.05) is 0 Å². The number of aromatic nitrogens is 1. The lowest BCUT2D eigenvalue weighted by Crippen LogP contribution is -2.17. The molecule has 0 aliphatic carbocycles. The SMILES string of the molecule is O=C(Nc1ccc(OC(F)(F)F)cc1)c1ccc(CO)cn1. The first kappa shape index (κ1) is 15.8. The normalized spacial score (nSPS) is 11.1. The number of aliphatic hydroxyl groups is 1. The predicted molar refractivity (Wildman–Crippen MR) is 71.2 cm³/mol. The van der Waals surface area contributed by atoms with Crippen LogP contribution < -0.4 is 10.1 Å².